The van der Waals surface area contributed by atoms with E-state index >= 15 is 0 Å². The minimum absolute atomic E-state index is 0.0344. The molecule has 2 aliphatic rings. The fraction of sp³-hybridized carbons (Fsp3) is 0.241. The highest BCUT2D eigenvalue weighted by Gasteiger charge is 2.47. The molecule has 1 unspecified atom stereocenters. The molecule has 0 aromatic heterocycles. The number of carbonyl (C=O) groups is 2. The van der Waals surface area contributed by atoms with Crippen LogP contribution in [0.5, 0.6) is 11.5 Å². The first-order valence-electron chi connectivity index (χ1n) is 11.9. The molecule has 5 rings (SSSR count). The summed E-state index contributed by atoms with van der Waals surface area (Å²) in [6, 6.07) is 19.2. The number of nitrogens with zero attached hydrogens (tertiary/aromatic N) is 2. The van der Waals surface area contributed by atoms with Gasteiger partial charge < -0.3 is 19.5 Å². The molecule has 1 atom stereocenters. The third kappa shape index (κ3) is 3.96. The molecule has 1 amide bonds. The van der Waals surface area contributed by atoms with E-state index in [1.165, 1.54) is 4.90 Å². The Balaban J connectivity index is 1.69. The van der Waals surface area contributed by atoms with E-state index in [4.69, 9.17) is 9.47 Å². The number of methoxy groups -OCH3 is 1. The van der Waals surface area contributed by atoms with Crippen LogP contribution in [0.1, 0.15) is 29.7 Å². The molecule has 36 heavy (non-hydrogen) atoms. The zero-order valence-electron chi connectivity index (χ0n) is 20.5. The number of aliphatic hydroxyl groups excluding tert-OH is 1. The van der Waals surface area contributed by atoms with Gasteiger partial charge in [0.15, 0.2) is 0 Å². The molecule has 1 N–H and O–H groups in total. The van der Waals surface area contributed by atoms with Crippen LogP contribution in [-0.2, 0) is 16.0 Å². The summed E-state index contributed by atoms with van der Waals surface area (Å²) in [5, 5.41) is 11.5. The third-order valence-corrected chi connectivity index (χ3v) is 6.80. The van der Waals surface area contributed by atoms with Gasteiger partial charge in [-0.1, -0.05) is 31.2 Å². The van der Waals surface area contributed by atoms with Gasteiger partial charge in [0.2, 0.25) is 0 Å². The highest BCUT2D eigenvalue weighted by molar-refractivity contribution is 6.51. The number of aliphatic hydroxyl groups is 1. The topological polar surface area (TPSA) is 79.3 Å². The number of Topliss-reactive ketones (excluding diaryl/α,β-unsaturated/α-hetero) is 1. The Bertz CT molecular complexity index is 1360. The summed E-state index contributed by atoms with van der Waals surface area (Å²) >= 11 is 0. The van der Waals surface area contributed by atoms with Crippen LogP contribution in [0.3, 0.4) is 0 Å². The van der Waals surface area contributed by atoms with E-state index in [1.54, 1.807) is 43.5 Å². The fourth-order valence-electron chi connectivity index (χ4n) is 4.77. The first-order chi connectivity index (χ1) is 17.4. The lowest BCUT2D eigenvalue weighted by Gasteiger charge is -2.28. The van der Waals surface area contributed by atoms with Crippen LogP contribution in [0.25, 0.3) is 5.76 Å². The number of aryl methyl sites for hydroxylation is 1. The van der Waals surface area contributed by atoms with Gasteiger partial charge in [0.05, 0.1) is 31.0 Å². The number of amides is 1. The van der Waals surface area contributed by atoms with Crippen LogP contribution in [0.4, 0.5) is 11.4 Å². The predicted octanol–water partition coefficient (Wildman–Crippen LogP) is 4.71. The number of ether oxygens (including phenoxy) is 2. The maximum atomic E-state index is 13.4. The Morgan fingerprint density at radius 2 is 1.86 bits per heavy atom. The lowest BCUT2D eigenvalue weighted by Crippen LogP contribution is -2.29. The summed E-state index contributed by atoms with van der Waals surface area (Å²) in [7, 11) is 3.51. The van der Waals surface area contributed by atoms with E-state index in [0.29, 0.717) is 41.5 Å². The van der Waals surface area contributed by atoms with E-state index < -0.39 is 17.7 Å². The second-order valence-corrected chi connectivity index (χ2v) is 8.92. The number of ketones is 1. The normalized spacial score (nSPS) is 18.7. The van der Waals surface area contributed by atoms with Crippen LogP contribution in [-0.4, -0.2) is 44.1 Å². The first kappa shape index (κ1) is 23.5. The van der Waals surface area contributed by atoms with Gasteiger partial charge in [-0.15, -0.1) is 0 Å². The Labute approximate surface area is 210 Å². The smallest absolute Gasteiger partial charge is 0.300 e. The van der Waals surface area contributed by atoms with Crippen molar-refractivity contribution < 1.29 is 24.2 Å². The number of hydrogen-bond donors (Lipinski definition) is 1. The molecule has 7 nitrogen and oxygen atoms in total. The van der Waals surface area contributed by atoms with Gasteiger partial charge >= 0.3 is 0 Å². The van der Waals surface area contributed by atoms with Gasteiger partial charge in [0, 0.05) is 18.3 Å². The number of rotatable bonds is 5. The average Bonchev–Trinajstić information content (AvgIpc) is 3.18. The second kappa shape index (κ2) is 9.41. The molecular formula is C29H28N2O5. The minimum Gasteiger partial charge on any atom is -0.507 e. The molecule has 0 bridgehead atoms. The van der Waals surface area contributed by atoms with Crippen molar-refractivity contribution in [2.45, 2.75) is 19.4 Å². The van der Waals surface area contributed by atoms with Crippen LogP contribution in [0.2, 0.25) is 0 Å². The number of likely N-dealkylation sites (N-methyl/N-ethyl adjacent to an activating group) is 1. The highest BCUT2D eigenvalue weighted by atomic mass is 16.5. The molecule has 0 spiro atoms. The number of carbonyl (C=O) groups excluding carboxylic acids is 2. The zero-order chi connectivity index (χ0) is 25.4. The van der Waals surface area contributed by atoms with Gasteiger partial charge in [-0.25, -0.2) is 0 Å². The molecule has 2 aliphatic heterocycles. The minimum atomic E-state index is -0.822. The molecular weight excluding hydrogens is 456 g/mol. The molecule has 0 radical (unpaired) electrons. The standard InChI is InChI=1S/C29H28N2O5/c1-4-18-8-11-21(12-9-18)31-26(19-6-5-7-22(16-19)35-3)25(28(33)29(31)34)27(32)20-10-13-24-23(17-20)30(2)14-15-36-24/h5-13,16-17,26,32H,4,14-15H2,1-3H3/b27-25-. The third-order valence-electron chi connectivity index (χ3n) is 6.80. The number of hydrogen-bond acceptors (Lipinski definition) is 6. The molecule has 184 valence electrons. The van der Waals surface area contributed by atoms with E-state index in [9.17, 15) is 14.7 Å². The molecule has 0 aliphatic carbocycles. The van der Waals surface area contributed by atoms with E-state index in [2.05, 4.69) is 6.92 Å². The maximum absolute atomic E-state index is 13.4. The van der Waals surface area contributed by atoms with E-state index in [1.807, 2.05) is 42.3 Å². The van der Waals surface area contributed by atoms with Crippen LogP contribution in [0, 0.1) is 0 Å². The quantitative estimate of drug-likeness (QED) is 0.321. The Kier molecular flexibility index (Phi) is 6.14. The van der Waals surface area contributed by atoms with E-state index in [-0.39, 0.29) is 11.3 Å². The van der Waals surface area contributed by atoms with Crippen LogP contribution in [0.15, 0.2) is 72.3 Å². The number of fused-ring (bicyclic) bond motifs is 1. The van der Waals surface area contributed by atoms with Crippen molar-refractivity contribution in [3.05, 3.63) is 89.0 Å². The molecule has 3 aromatic rings. The zero-order valence-corrected chi connectivity index (χ0v) is 20.5. The van der Waals surface area contributed by atoms with Crippen molar-refractivity contribution in [2.75, 3.05) is 37.1 Å². The molecule has 1 saturated heterocycles. The summed E-state index contributed by atoms with van der Waals surface area (Å²) in [5.74, 6) is -0.349. The van der Waals surface area contributed by atoms with Gasteiger partial charge in [0.25, 0.3) is 11.7 Å². The van der Waals surface area contributed by atoms with Crippen LogP contribution < -0.4 is 19.3 Å². The molecule has 1 fully saturated rings. The lowest BCUT2D eigenvalue weighted by molar-refractivity contribution is -0.132. The second-order valence-electron chi connectivity index (χ2n) is 8.92. The summed E-state index contributed by atoms with van der Waals surface area (Å²) < 4.78 is 11.1. The number of benzene rings is 3. The molecule has 2 heterocycles. The predicted molar refractivity (Wildman–Crippen MR) is 139 cm³/mol. The fourth-order valence-corrected chi connectivity index (χ4v) is 4.77. The SMILES string of the molecule is CCc1ccc(N2C(=O)C(=O)/C(=C(\O)c3ccc4c(c3)N(C)CCO4)C2c2cccc(OC)c2)cc1. The Morgan fingerprint density at radius 1 is 1.08 bits per heavy atom. The van der Waals surface area contributed by atoms with Crippen molar-refractivity contribution in [3.63, 3.8) is 0 Å². The Morgan fingerprint density at radius 3 is 2.58 bits per heavy atom. The largest absolute Gasteiger partial charge is 0.507 e. The van der Waals surface area contributed by atoms with Crippen molar-refractivity contribution >= 4 is 28.8 Å². The maximum Gasteiger partial charge on any atom is 0.300 e. The molecule has 3 aromatic carbocycles. The summed E-state index contributed by atoms with van der Waals surface area (Å²) in [5.41, 5.74) is 3.65. The van der Waals surface area contributed by atoms with Crippen LogP contribution >= 0.6 is 0 Å². The summed E-state index contributed by atoms with van der Waals surface area (Å²) in [4.78, 5) is 30.3. The van der Waals surface area contributed by atoms with Crippen molar-refractivity contribution in [1.82, 2.24) is 0 Å². The van der Waals surface area contributed by atoms with Gasteiger partial charge in [-0.2, -0.15) is 0 Å². The van der Waals surface area contributed by atoms with Gasteiger partial charge in [0.1, 0.15) is 23.9 Å². The van der Waals surface area contributed by atoms with Gasteiger partial charge in [-0.3, -0.25) is 14.5 Å². The summed E-state index contributed by atoms with van der Waals surface area (Å²) in [6.45, 7) is 3.34. The van der Waals surface area contributed by atoms with Crippen molar-refractivity contribution in [2.24, 2.45) is 0 Å². The van der Waals surface area contributed by atoms with Gasteiger partial charge in [-0.05, 0) is 60.0 Å². The highest BCUT2D eigenvalue weighted by Crippen LogP contribution is 2.44. The Hall–Kier alpha value is -4.26. The monoisotopic (exact) mass is 484 g/mol. The molecule has 7 heteroatoms. The summed E-state index contributed by atoms with van der Waals surface area (Å²) in [6.07, 6.45) is 0.856. The molecule has 0 saturated carbocycles. The number of anilines is 2. The lowest BCUT2D eigenvalue weighted by atomic mass is 9.94. The average molecular weight is 485 g/mol. The first-order valence-corrected chi connectivity index (χ1v) is 11.9. The van der Waals surface area contributed by atoms with Crippen molar-refractivity contribution in [1.29, 1.82) is 0 Å². The van der Waals surface area contributed by atoms with E-state index in [0.717, 1.165) is 17.7 Å². The van der Waals surface area contributed by atoms with Crippen molar-refractivity contribution in [3.8, 4) is 11.5 Å².